The topological polar surface area (TPSA) is 43.4 Å². The minimum absolute atomic E-state index is 0.0681. The van der Waals surface area contributed by atoms with Crippen molar-refractivity contribution in [1.29, 1.82) is 0 Å². The molecule has 0 saturated carbocycles. The zero-order valence-corrected chi connectivity index (χ0v) is 9.42. The monoisotopic (exact) mass is 256 g/mol. The van der Waals surface area contributed by atoms with Gasteiger partial charge in [-0.15, -0.1) is 0 Å². The second kappa shape index (κ2) is 4.37. The summed E-state index contributed by atoms with van der Waals surface area (Å²) in [5, 5.41) is 0. The summed E-state index contributed by atoms with van der Waals surface area (Å²) in [5.41, 5.74) is 0.928. The van der Waals surface area contributed by atoms with Crippen LogP contribution in [0.3, 0.4) is 0 Å². The molecule has 0 fully saturated rings. The standard InChI is InChI=1S/C10H9BrO3/c1-6(13)7-3-9(11)8(5-12)10(4-7)14-2/h3-5H,1-2H3. The van der Waals surface area contributed by atoms with Crippen LogP contribution in [0.2, 0.25) is 0 Å². The lowest BCUT2D eigenvalue weighted by Gasteiger charge is -2.07. The summed E-state index contributed by atoms with van der Waals surface area (Å²) < 4.78 is 5.56. The van der Waals surface area contributed by atoms with Crippen LogP contribution >= 0.6 is 15.9 Å². The zero-order valence-electron chi connectivity index (χ0n) is 7.83. The number of ketones is 1. The first kappa shape index (κ1) is 10.9. The number of methoxy groups -OCH3 is 1. The van der Waals surface area contributed by atoms with Crippen LogP contribution in [0.5, 0.6) is 5.75 Å². The van der Waals surface area contributed by atoms with Crippen molar-refractivity contribution in [3.8, 4) is 5.75 Å². The maximum absolute atomic E-state index is 11.1. The van der Waals surface area contributed by atoms with Crippen LogP contribution in [0.4, 0.5) is 0 Å². The Labute approximate surface area is 90.2 Å². The number of hydrogen-bond donors (Lipinski definition) is 0. The number of Topliss-reactive ketones (excluding diaryl/α,β-unsaturated/α-hetero) is 1. The van der Waals surface area contributed by atoms with Crippen molar-refractivity contribution in [3.05, 3.63) is 27.7 Å². The van der Waals surface area contributed by atoms with E-state index in [-0.39, 0.29) is 5.78 Å². The molecule has 0 radical (unpaired) electrons. The van der Waals surface area contributed by atoms with Crippen molar-refractivity contribution >= 4 is 28.0 Å². The van der Waals surface area contributed by atoms with Gasteiger partial charge in [-0.1, -0.05) is 0 Å². The molecule has 0 bridgehead atoms. The Balaban J connectivity index is 3.38. The quantitative estimate of drug-likeness (QED) is 0.617. The highest BCUT2D eigenvalue weighted by molar-refractivity contribution is 9.10. The van der Waals surface area contributed by atoms with Crippen LogP contribution in [0, 0.1) is 0 Å². The molecule has 0 unspecified atom stereocenters. The molecule has 0 N–H and O–H groups in total. The molecule has 74 valence electrons. The molecule has 0 spiro atoms. The molecule has 1 aromatic rings. The average Bonchev–Trinajstić information content (AvgIpc) is 2.16. The summed E-state index contributed by atoms with van der Waals surface area (Å²) >= 11 is 3.20. The van der Waals surface area contributed by atoms with Crippen LogP contribution in [-0.2, 0) is 0 Å². The molecule has 1 aromatic carbocycles. The fourth-order valence-corrected chi connectivity index (χ4v) is 1.61. The van der Waals surface area contributed by atoms with Crippen LogP contribution in [0.15, 0.2) is 16.6 Å². The number of carbonyl (C=O) groups excluding carboxylic acids is 2. The smallest absolute Gasteiger partial charge is 0.159 e. The summed E-state index contributed by atoms with van der Waals surface area (Å²) in [6.45, 7) is 1.46. The molecule has 14 heavy (non-hydrogen) atoms. The summed E-state index contributed by atoms with van der Waals surface area (Å²) in [7, 11) is 1.46. The third kappa shape index (κ3) is 2.01. The van der Waals surface area contributed by atoms with E-state index in [4.69, 9.17) is 4.74 Å². The van der Waals surface area contributed by atoms with Crippen molar-refractivity contribution in [3.63, 3.8) is 0 Å². The van der Waals surface area contributed by atoms with Crippen molar-refractivity contribution in [1.82, 2.24) is 0 Å². The van der Waals surface area contributed by atoms with Gasteiger partial charge in [-0.3, -0.25) is 9.59 Å². The highest BCUT2D eigenvalue weighted by atomic mass is 79.9. The van der Waals surface area contributed by atoms with Crippen LogP contribution in [0.1, 0.15) is 27.6 Å². The van der Waals surface area contributed by atoms with Crippen molar-refractivity contribution in [2.24, 2.45) is 0 Å². The van der Waals surface area contributed by atoms with Gasteiger partial charge in [0.15, 0.2) is 12.1 Å². The van der Waals surface area contributed by atoms with Gasteiger partial charge >= 0.3 is 0 Å². The molecule has 0 aliphatic rings. The lowest BCUT2D eigenvalue weighted by Crippen LogP contribution is -1.98. The van der Waals surface area contributed by atoms with Crippen molar-refractivity contribution in [2.45, 2.75) is 6.92 Å². The summed E-state index contributed by atoms with van der Waals surface area (Å²) in [6.07, 6.45) is 0.687. The lowest BCUT2D eigenvalue weighted by atomic mass is 10.1. The molecular weight excluding hydrogens is 248 g/mol. The van der Waals surface area contributed by atoms with E-state index in [0.717, 1.165) is 0 Å². The second-order valence-electron chi connectivity index (χ2n) is 2.75. The van der Waals surface area contributed by atoms with Crippen LogP contribution in [-0.4, -0.2) is 19.2 Å². The number of ether oxygens (including phenoxy) is 1. The summed E-state index contributed by atoms with van der Waals surface area (Å²) in [5.74, 6) is 0.334. The number of benzene rings is 1. The van der Waals surface area contributed by atoms with E-state index in [1.807, 2.05) is 0 Å². The van der Waals surface area contributed by atoms with Gasteiger partial charge in [0, 0.05) is 10.0 Å². The Morgan fingerprint density at radius 2 is 2.14 bits per heavy atom. The first-order chi connectivity index (χ1) is 6.60. The molecule has 0 amide bonds. The average molecular weight is 257 g/mol. The molecule has 1 rings (SSSR count). The Morgan fingerprint density at radius 3 is 2.57 bits per heavy atom. The number of halogens is 1. The van der Waals surface area contributed by atoms with Gasteiger partial charge in [0.05, 0.1) is 12.7 Å². The first-order valence-electron chi connectivity index (χ1n) is 3.93. The van der Waals surface area contributed by atoms with E-state index in [9.17, 15) is 9.59 Å². The van der Waals surface area contributed by atoms with Crippen LogP contribution < -0.4 is 4.74 Å². The van der Waals surface area contributed by atoms with Crippen LogP contribution in [0.25, 0.3) is 0 Å². The Hall–Kier alpha value is -1.16. The number of hydrogen-bond acceptors (Lipinski definition) is 3. The van der Waals surface area contributed by atoms with E-state index >= 15 is 0 Å². The zero-order chi connectivity index (χ0) is 10.7. The van der Waals surface area contributed by atoms with Gasteiger partial charge in [-0.25, -0.2) is 0 Å². The Bertz CT molecular complexity index is 385. The van der Waals surface area contributed by atoms with Gasteiger partial charge < -0.3 is 4.74 Å². The number of rotatable bonds is 3. The summed E-state index contributed by atoms with van der Waals surface area (Å²) in [4.78, 5) is 21.8. The molecule has 0 saturated heterocycles. The number of carbonyl (C=O) groups is 2. The van der Waals surface area contributed by atoms with E-state index in [2.05, 4.69) is 15.9 Å². The minimum Gasteiger partial charge on any atom is -0.496 e. The SMILES string of the molecule is COc1cc(C(C)=O)cc(Br)c1C=O. The molecule has 0 atom stereocenters. The predicted molar refractivity (Wildman–Crippen MR) is 56.1 cm³/mol. The fourth-order valence-electron chi connectivity index (χ4n) is 1.08. The maximum Gasteiger partial charge on any atom is 0.159 e. The van der Waals surface area contributed by atoms with Gasteiger partial charge in [-0.2, -0.15) is 0 Å². The van der Waals surface area contributed by atoms with Gasteiger partial charge in [0.25, 0.3) is 0 Å². The molecular formula is C10H9BrO3. The highest BCUT2D eigenvalue weighted by Gasteiger charge is 2.10. The first-order valence-corrected chi connectivity index (χ1v) is 4.73. The third-order valence-corrected chi connectivity index (χ3v) is 2.49. The normalized spacial score (nSPS) is 9.64. The summed E-state index contributed by atoms with van der Waals surface area (Å²) in [6, 6.07) is 3.16. The predicted octanol–water partition coefficient (Wildman–Crippen LogP) is 2.47. The van der Waals surface area contributed by atoms with E-state index < -0.39 is 0 Å². The minimum atomic E-state index is -0.0681. The van der Waals surface area contributed by atoms with Crippen molar-refractivity contribution < 1.29 is 14.3 Å². The van der Waals surface area contributed by atoms with E-state index in [0.29, 0.717) is 27.6 Å². The maximum atomic E-state index is 11.1. The van der Waals surface area contributed by atoms with Gasteiger partial charge in [0.2, 0.25) is 0 Å². The second-order valence-corrected chi connectivity index (χ2v) is 3.60. The molecule has 0 aromatic heterocycles. The fraction of sp³-hybridized carbons (Fsp3) is 0.200. The van der Waals surface area contributed by atoms with Gasteiger partial charge in [0.1, 0.15) is 5.75 Å². The molecule has 0 aliphatic heterocycles. The molecule has 0 aliphatic carbocycles. The van der Waals surface area contributed by atoms with Gasteiger partial charge in [-0.05, 0) is 35.0 Å². The third-order valence-electron chi connectivity index (χ3n) is 1.84. The molecule has 3 nitrogen and oxygen atoms in total. The molecule has 0 heterocycles. The van der Waals surface area contributed by atoms with Crippen molar-refractivity contribution in [2.75, 3.05) is 7.11 Å². The van der Waals surface area contributed by atoms with E-state index in [1.165, 1.54) is 14.0 Å². The lowest BCUT2D eigenvalue weighted by molar-refractivity contribution is 0.101. The largest absolute Gasteiger partial charge is 0.496 e. The van der Waals surface area contributed by atoms with E-state index in [1.54, 1.807) is 12.1 Å². The number of aldehydes is 1. The molecule has 4 heteroatoms. The Morgan fingerprint density at radius 1 is 1.50 bits per heavy atom. The Kier molecular flexibility index (Phi) is 3.41. The highest BCUT2D eigenvalue weighted by Crippen LogP contribution is 2.27.